The lowest BCUT2D eigenvalue weighted by Crippen LogP contribution is -2.45. The summed E-state index contributed by atoms with van der Waals surface area (Å²) in [7, 11) is 0. The highest BCUT2D eigenvalue weighted by molar-refractivity contribution is 5.80. The van der Waals surface area contributed by atoms with E-state index in [4.69, 9.17) is 18.6 Å². The number of carbonyl (C=O) groups excluding carboxylic acids is 5. The van der Waals surface area contributed by atoms with Crippen molar-refractivity contribution < 1.29 is 42.6 Å². The fraction of sp³-hybridized carbons (Fsp3) is 0.788. The maximum Gasteiger partial charge on any atom is 0.410 e. The Kier molecular flexibility index (Phi) is 14.7. The number of rotatable bonds is 13. The van der Waals surface area contributed by atoms with Crippen molar-refractivity contribution in [1.82, 2.24) is 31.0 Å². The van der Waals surface area contributed by atoms with E-state index >= 15 is 0 Å². The highest BCUT2D eigenvalue weighted by Gasteiger charge is 2.33. The van der Waals surface area contributed by atoms with Gasteiger partial charge in [-0.25, -0.2) is 14.4 Å². The summed E-state index contributed by atoms with van der Waals surface area (Å²) >= 11 is 0. The molecule has 15 nitrogen and oxygen atoms in total. The molecule has 2 heterocycles. The van der Waals surface area contributed by atoms with Gasteiger partial charge in [0.15, 0.2) is 0 Å². The van der Waals surface area contributed by atoms with E-state index in [9.17, 15) is 24.0 Å². The third kappa shape index (κ3) is 15.8. The number of nitrogens with zero attached hydrogens (tertiary/aromatic N) is 3. The van der Waals surface area contributed by atoms with Gasteiger partial charge in [0, 0.05) is 32.0 Å². The van der Waals surface area contributed by atoms with E-state index in [2.05, 4.69) is 26.1 Å². The second-order valence-corrected chi connectivity index (χ2v) is 15.1. The second kappa shape index (κ2) is 17.5. The van der Waals surface area contributed by atoms with E-state index < -0.39 is 47.2 Å². The normalized spacial score (nSPS) is 15.6. The SMILES string of the molecule is CC(=O)CC[C@H](NC(=O)C1CCN(C(=O)OC(C)(C)C)CC1)c1nnc([C@H](CCCCNC(=O)OC(C)(C)C)NC(=O)OC(C)(C)C)o1. The first-order chi connectivity index (χ1) is 22.1. The molecule has 1 saturated heterocycles. The van der Waals surface area contributed by atoms with Gasteiger partial charge in [0.2, 0.25) is 17.7 Å². The van der Waals surface area contributed by atoms with Crippen LogP contribution in [-0.4, -0.2) is 81.5 Å². The molecule has 0 aromatic carbocycles. The van der Waals surface area contributed by atoms with E-state index in [1.165, 1.54) is 6.92 Å². The van der Waals surface area contributed by atoms with Crippen LogP contribution in [0.4, 0.5) is 14.4 Å². The number of aromatic nitrogens is 2. The monoisotopic (exact) mass is 680 g/mol. The highest BCUT2D eigenvalue weighted by Crippen LogP contribution is 2.26. The smallest absolute Gasteiger partial charge is 0.410 e. The number of carbonyl (C=O) groups is 5. The van der Waals surface area contributed by atoms with Gasteiger partial charge in [0.25, 0.3) is 0 Å². The number of amides is 4. The molecule has 272 valence electrons. The molecule has 2 atom stereocenters. The third-order valence-corrected chi connectivity index (χ3v) is 6.95. The molecule has 1 aromatic rings. The Balaban J connectivity index is 2.11. The molecule has 0 saturated carbocycles. The van der Waals surface area contributed by atoms with Gasteiger partial charge in [0.1, 0.15) is 34.7 Å². The first-order valence-electron chi connectivity index (χ1n) is 16.7. The number of ether oxygens (including phenoxy) is 3. The number of hydrogen-bond acceptors (Lipinski definition) is 11. The quantitative estimate of drug-likeness (QED) is 0.176. The van der Waals surface area contributed by atoms with E-state index in [1.54, 1.807) is 67.2 Å². The lowest BCUT2D eigenvalue weighted by molar-refractivity contribution is -0.127. The van der Waals surface area contributed by atoms with Crippen LogP contribution in [0.5, 0.6) is 0 Å². The Morgan fingerprint density at radius 1 is 0.771 bits per heavy atom. The van der Waals surface area contributed by atoms with Crippen LogP contribution in [-0.2, 0) is 23.8 Å². The van der Waals surface area contributed by atoms with Crippen LogP contribution in [0.15, 0.2) is 4.42 Å². The summed E-state index contributed by atoms with van der Waals surface area (Å²) in [5.41, 5.74) is -1.96. The van der Waals surface area contributed by atoms with Gasteiger partial charge >= 0.3 is 18.3 Å². The molecular formula is C33H56N6O9. The van der Waals surface area contributed by atoms with Gasteiger partial charge in [0.05, 0.1) is 0 Å². The number of piperidine rings is 1. The number of unbranched alkanes of at least 4 members (excludes halogenated alkanes) is 1. The molecule has 48 heavy (non-hydrogen) atoms. The van der Waals surface area contributed by atoms with Crippen LogP contribution in [0, 0.1) is 5.92 Å². The van der Waals surface area contributed by atoms with Crippen LogP contribution >= 0.6 is 0 Å². The first kappa shape index (κ1) is 40.3. The maximum absolute atomic E-state index is 13.3. The second-order valence-electron chi connectivity index (χ2n) is 15.1. The van der Waals surface area contributed by atoms with Gasteiger partial charge in [-0.05, 0) is 108 Å². The van der Waals surface area contributed by atoms with Crippen molar-refractivity contribution in [3.8, 4) is 0 Å². The number of ketones is 1. The van der Waals surface area contributed by atoms with Gasteiger partial charge < -0.3 is 44.3 Å². The van der Waals surface area contributed by atoms with E-state index in [0.717, 1.165) is 0 Å². The molecule has 1 aliphatic heterocycles. The molecule has 0 spiro atoms. The molecule has 15 heteroatoms. The molecular weight excluding hydrogens is 624 g/mol. The Bertz CT molecular complexity index is 1240. The average molecular weight is 681 g/mol. The van der Waals surface area contributed by atoms with Gasteiger partial charge in [-0.3, -0.25) is 4.79 Å². The van der Waals surface area contributed by atoms with E-state index in [0.29, 0.717) is 51.7 Å². The number of alkyl carbamates (subject to hydrolysis) is 2. The minimum atomic E-state index is -0.744. The minimum Gasteiger partial charge on any atom is -0.444 e. The van der Waals surface area contributed by atoms with Gasteiger partial charge in [-0.2, -0.15) is 0 Å². The van der Waals surface area contributed by atoms with Crippen LogP contribution < -0.4 is 16.0 Å². The van der Waals surface area contributed by atoms with Crippen LogP contribution in [0.2, 0.25) is 0 Å². The van der Waals surface area contributed by atoms with Crippen molar-refractivity contribution in [3.05, 3.63) is 11.8 Å². The first-order valence-corrected chi connectivity index (χ1v) is 16.7. The fourth-order valence-corrected chi connectivity index (χ4v) is 4.76. The number of likely N-dealkylation sites (tertiary alicyclic amines) is 1. The standard InChI is InChI=1S/C33H56N6O9/c1-21(40)14-15-24(35-25(41)22-16-19-39(20-17-22)30(44)48-33(8,9)10)27-38-37-26(45-27)23(36-29(43)47-32(5,6)7)13-11-12-18-34-28(42)46-31(2,3)4/h22-24H,11-20H2,1-10H3,(H,34,42)(H,35,41)(H,36,43)/t23-,24-/m0/s1. The maximum atomic E-state index is 13.3. The van der Waals surface area contributed by atoms with E-state index in [1.807, 2.05) is 0 Å². The summed E-state index contributed by atoms with van der Waals surface area (Å²) in [6, 6.07) is -1.46. The lowest BCUT2D eigenvalue weighted by atomic mass is 9.95. The molecule has 1 aromatic heterocycles. The predicted octanol–water partition coefficient (Wildman–Crippen LogP) is 5.50. The zero-order chi connectivity index (χ0) is 36.3. The third-order valence-electron chi connectivity index (χ3n) is 6.95. The summed E-state index contributed by atoms with van der Waals surface area (Å²) in [4.78, 5) is 63.9. The molecule has 1 fully saturated rings. The molecule has 2 rings (SSSR count). The fourth-order valence-electron chi connectivity index (χ4n) is 4.76. The summed E-state index contributed by atoms with van der Waals surface area (Å²) in [6.07, 6.45) is 1.25. The summed E-state index contributed by atoms with van der Waals surface area (Å²) in [5, 5.41) is 16.8. The number of Topliss-reactive ketones (excluding diaryl/α,β-unsaturated/α-hetero) is 1. The summed E-state index contributed by atoms with van der Waals surface area (Å²) in [5.74, 6) is -0.448. The van der Waals surface area contributed by atoms with Crippen molar-refractivity contribution in [2.75, 3.05) is 19.6 Å². The van der Waals surface area contributed by atoms with Crippen LogP contribution in [0.3, 0.4) is 0 Å². The summed E-state index contributed by atoms with van der Waals surface area (Å²) < 4.78 is 22.2. The van der Waals surface area contributed by atoms with E-state index in [-0.39, 0.29) is 42.2 Å². The molecule has 4 amide bonds. The molecule has 0 bridgehead atoms. The zero-order valence-electron chi connectivity index (χ0n) is 30.3. The molecule has 0 aliphatic carbocycles. The number of nitrogens with one attached hydrogen (secondary N) is 3. The Morgan fingerprint density at radius 3 is 1.81 bits per heavy atom. The Morgan fingerprint density at radius 2 is 1.29 bits per heavy atom. The molecule has 0 unspecified atom stereocenters. The topological polar surface area (TPSA) is 191 Å². The van der Waals surface area contributed by atoms with Crippen molar-refractivity contribution in [2.24, 2.45) is 5.92 Å². The highest BCUT2D eigenvalue weighted by atomic mass is 16.6. The largest absolute Gasteiger partial charge is 0.444 e. The summed E-state index contributed by atoms with van der Waals surface area (Å²) in [6.45, 7) is 18.6. The average Bonchev–Trinajstić information content (AvgIpc) is 3.41. The Hall–Kier alpha value is -3.91. The van der Waals surface area contributed by atoms with Gasteiger partial charge in [-0.15, -0.1) is 10.2 Å². The predicted molar refractivity (Wildman–Crippen MR) is 176 cm³/mol. The molecule has 0 radical (unpaired) electrons. The van der Waals surface area contributed by atoms with Crippen molar-refractivity contribution >= 4 is 30.0 Å². The number of hydrogen-bond donors (Lipinski definition) is 3. The van der Waals surface area contributed by atoms with Crippen molar-refractivity contribution in [3.63, 3.8) is 0 Å². The molecule has 1 aliphatic rings. The lowest BCUT2D eigenvalue weighted by Gasteiger charge is -2.33. The van der Waals surface area contributed by atoms with Crippen molar-refractivity contribution in [1.29, 1.82) is 0 Å². The van der Waals surface area contributed by atoms with Crippen LogP contribution in [0.1, 0.15) is 138 Å². The zero-order valence-corrected chi connectivity index (χ0v) is 30.3. The Labute approximate surface area is 283 Å². The minimum absolute atomic E-state index is 0.0656. The van der Waals surface area contributed by atoms with Gasteiger partial charge in [-0.1, -0.05) is 0 Å². The van der Waals surface area contributed by atoms with Crippen LogP contribution in [0.25, 0.3) is 0 Å². The van der Waals surface area contributed by atoms with Crippen molar-refractivity contribution in [2.45, 2.75) is 143 Å². The molecule has 3 N–H and O–H groups in total.